The van der Waals surface area contributed by atoms with Crippen LogP contribution in [0.3, 0.4) is 0 Å². The average molecular weight is 357 g/mol. The molecule has 0 aliphatic heterocycles. The van der Waals surface area contributed by atoms with Crippen LogP contribution in [-0.2, 0) is 22.7 Å². The molecule has 0 saturated heterocycles. The summed E-state index contributed by atoms with van der Waals surface area (Å²) in [7, 11) is 0. The summed E-state index contributed by atoms with van der Waals surface area (Å²) >= 11 is 0. The highest BCUT2D eigenvalue weighted by Crippen LogP contribution is 2.17. The number of nitrogens with one attached hydrogen (secondary N) is 1. The van der Waals surface area contributed by atoms with Gasteiger partial charge in [-0.25, -0.2) is 0 Å². The summed E-state index contributed by atoms with van der Waals surface area (Å²) in [6.45, 7) is 6.73. The summed E-state index contributed by atoms with van der Waals surface area (Å²) in [6, 6.07) is 15.4. The molecule has 0 aliphatic rings. The molecule has 0 atom stereocenters. The zero-order valence-corrected chi connectivity index (χ0v) is 15.5. The molecule has 1 amide bonds. The van der Waals surface area contributed by atoms with E-state index in [4.69, 9.17) is 14.2 Å². The van der Waals surface area contributed by atoms with E-state index < -0.39 is 0 Å². The molecular formula is C21H27NO4. The number of benzene rings is 2. The van der Waals surface area contributed by atoms with Crippen LogP contribution in [0.2, 0.25) is 0 Å². The lowest BCUT2D eigenvalue weighted by Crippen LogP contribution is -2.24. The van der Waals surface area contributed by atoms with Crippen LogP contribution in [0, 0.1) is 0 Å². The molecule has 2 aromatic carbocycles. The number of hydrogen-bond acceptors (Lipinski definition) is 4. The van der Waals surface area contributed by atoms with Crippen molar-refractivity contribution >= 4 is 5.91 Å². The molecule has 5 heteroatoms. The summed E-state index contributed by atoms with van der Waals surface area (Å²) in [5, 5.41) is 2.90. The smallest absolute Gasteiger partial charge is 0.223 e. The van der Waals surface area contributed by atoms with Crippen LogP contribution in [0.4, 0.5) is 0 Å². The first kappa shape index (κ1) is 19.8. The van der Waals surface area contributed by atoms with E-state index in [2.05, 4.69) is 5.32 Å². The van der Waals surface area contributed by atoms with E-state index in [1.54, 1.807) is 0 Å². The quantitative estimate of drug-likeness (QED) is 0.666. The van der Waals surface area contributed by atoms with Gasteiger partial charge in [-0.2, -0.15) is 0 Å². The van der Waals surface area contributed by atoms with Crippen molar-refractivity contribution in [3.8, 4) is 11.5 Å². The third-order valence-corrected chi connectivity index (χ3v) is 3.72. The molecule has 0 heterocycles. The third kappa shape index (κ3) is 7.15. The lowest BCUT2D eigenvalue weighted by atomic mass is 10.1. The van der Waals surface area contributed by atoms with Crippen LogP contribution in [0.15, 0.2) is 48.5 Å². The molecule has 0 radical (unpaired) electrons. The third-order valence-electron chi connectivity index (χ3n) is 3.72. The van der Waals surface area contributed by atoms with Crippen LogP contribution < -0.4 is 14.8 Å². The Labute approximate surface area is 155 Å². The van der Waals surface area contributed by atoms with Gasteiger partial charge in [0.2, 0.25) is 5.91 Å². The first-order chi connectivity index (χ1) is 12.7. The van der Waals surface area contributed by atoms with E-state index in [0.717, 1.165) is 22.6 Å². The number of carbonyl (C=O) groups excluding carboxylic acids is 1. The molecule has 0 bridgehead atoms. The van der Waals surface area contributed by atoms with Crippen LogP contribution >= 0.6 is 0 Å². The van der Waals surface area contributed by atoms with E-state index in [9.17, 15) is 4.79 Å². The second-order valence-electron chi connectivity index (χ2n) is 5.73. The van der Waals surface area contributed by atoms with Gasteiger partial charge in [-0.1, -0.05) is 24.3 Å². The van der Waals surface area contributed by atoms with Gasteiger partial charge in [0.25, 0.3) is 0 Å². The van der Waals surface area contributed by atoms with Gasteiger partial charge in [0, 0.05) is 13.2 Å². The van der Waals surface area contributed by atoms with Crippen molar-refractivity contribution in [3.05, 3.63) is 59.7 Å². The van der Waals surface area contributed by atoms with Gasteiger partial charge in [0.1, 0.15) is 11.5 Å². The van der Waals surface area contributed by atoms with Crippen molar-refractivity contribution in [3.63, 3.8) is 0 Å². The van der Waals surface area contributed by atoms with Gasteiger partial charge < -0.3 is 19.5 Å². The van der Waals surface area contributed by atoms with Crippen molar-refractivity contribution in [1.29, 1.82) is 0 Å². The Hall–Kier alpha value is -2.53. The molecule has 2 rings (SSSR count). The maximum Gasteiger partial charge on any atom is 0.223 e. The Kier molecular flexibility index (Phi) is 8.49. The van der Waals surface area contributed by atoms with E-state index in [1.807, 2.05) is 62.4 Å². The van der Waals surface area contributed by atoms with E-state index >= 15 is 0 Å². The summed E-state index contributed by atoms with van der Waals surface area (Å²) in [4.78, 5) is 11.9. The van der Waals surface area contributed by atoms with Crippen molar-refractivity contribution in [2.24, 2.45) is 0 Å². The normalized spacial score (nSPS) is 10.4. The average Bonchev–Trinajstić information content (AvgIpc) is 2.67. The molecule has 0 aliphatic carbocycles. The number of ether oxygens (including phenoxy) is 3. The number of hydrogen-bond donors (Lipinski definition) is 1. The topological polar surface area (TPSA) is 56.8 Å². The molecule has 0 unspecified atom stereocenters. The summed E-state index contributed by atoms with van der Waals surface area (Å²) in [6.07, 6.45) is 0.315. The molecule has 0 aromatic heterocycles. The predicted octanol–water partition coefficient (Wildman–Crippen LogP) is 3.71. The van der Waals surface area contributed by atoms with Crippen molar-refractivity contribution in [2.75, 3.05) is 19.8 Å². The zero-order valence-electron chi connectivity index (χ0n) is 15.5. The molecule has 5 nitrogen and oxygen atoms in total. The fourth-order valence-electron chi connectivity index (χ4n) is 2.32. The summed E-state index contributed by atoms with van der Waals surface area (Å²) in [5.74, 6) is 1.50. The standard InChI is InChI=1S/C21H27NO4/c1-3-24-16-18-7-5-17(6-8-18)15-22-21(23)13-14-26-20-11-9-19(10-12-20)25-4-2/h5-12H,3-4,13-16H2,1-2H3,(H,22,23). The molecule has 0 spiro atoms. The number of carbonyl (C=O) groups is 1. The van der Waals surface area contributed by atoms with Crippen molar-refractivity contribution < 1.29 is 19.0 Å². The highest BCUT2D eigenvalue weighted by molar-refractivity contribution is 5.76. The van der Waals surface area contributed by atoms with Gasteiger partial charge in [-0.15, -0.1) is 0 Å². The van der Waals surface area contributed by atoms with E-state index in [0.29, 0.717) is 39.4 Å². The molecule has 0 saturated carbocycles. The molecule has 0 fully saturated rings. The minimum atomic E-state index is -0.0330. The van der Waals surface area contributed by atoms with Crippen molar-refractivity contribution in [1.82, 2.24) is 5.32 Å². The lowest BCUT2D eigenvalue weighted by molar-refractivity contribution is -0.121. The van der Waals surface area contributed by atoms with Gasteiger partial charge in [-0.05, 0) is 49.2 Å². The Morgan fingerprint density at radius 1 is 0.846 bits per heavy atom. The number of rotatable bonds is 11. The molecule has 140 valence electrons. The Bertz CT molecular complexity index is 653. The van der Waals surface area contributed by atoms with Crippen LogP contribution in [0.25, 0.3) is 0 Å². The molecule has 2 aromatic rings. The van der Waals surface area contributed by atoms with Crippen LogP contribution in [-0.4, -0.2) is 25.7 Å². The van der Waals surface area contributed by atoms with Gasteiger partial charge >= 0.3 is 0 Å². The second kappa shape index (κ2) is 11.2. The van der Waals surface area contributed by atoms with Gasteiger partial charge in [0.15, 0.2) is 0 Å². The van der Waals surface area contributed by atoms with E-state index in [-0.39, 0.29) is 5.91 Å². The Balaban J connectivity index is 1.65. The predicted molar refractivity (Wildman–Crippen MR) is 101 cm³/mol. The summed E-state index contributed by atoms with van der Waals surface area (Å²) < 4.78 is 16.3. The van der Waals surface area contributed by atoms with Gasteiger partial charge in [-0.3, -0.25) is 4.79 Å². The Morgan fingerprint density at radius 3 is 2.08 bits per heavy atom. The highest BCUT2D eigenvalue weighted by Gasteiger charge is 2.03. The van der Waals surface area contributed by atoms with E-state index in [1.165, 1.54) is 0 Å². The highest BCUT2D eigenvalue weighted by atomic mass is 16.5. The number of amides is 1. The monoisotopic (exact) mass is 357 g/mol. The first-order valence-electron chi connectivity index (χ1n) is 8.99. The van der Waals surface area contributed by atoms with Crippen LogP contribution in [0.5, 0.6) is 11.5 Å². The minimum Gasteiger partial charge on any atom is -0.494 e. The molecule has 1 N–H and O–H groups in total. The fourth-order valence-corrected chi connectivity index (χ4v) is 2.32. The lowest BCUT2D eigenvalue weighted by Gasteiger charge is -2.09. The largest absolute Gasteiger partial charge is 0.494 e. The maximum atomic E-state index is 11.9. The van der Waals surface area contributed by atoms with Crippen LogP contribution in [0.1, 0.15) is 31.4 Å². The second-order valence-corrected chi connectivity index (χ2v) is 5.73. The molecular weight excluding hydrogens is 330 g/mol. The SMILES string of the molecule is CCOCc1ccc(CNC(=O)CCOc2ccc(OCC)cc2)cc1. The first-order valence-corrected chi connectivity index (χ1v) is 8.99. The fraction of sp³-hybridized carbons (Fsp3) is 0.381. The minimum absolute atomic E-state index is 0.0330. The molecule has 26 heavy (non-hydrogen) atoms. The Morgan fingerprint density at radius 2 is 1.46 bits per heavy atom. The van der Waals surface area contributed by atoms with Gasteiger partial charge in [0.05, 0.1) is 26.2 Å². The summed E-state index contributed by atoms with van der Waals surface area (Å²) in [5.41, 5.74) is 2.19. The zero-order chi connectivity index (χ0) is 18.6. The van der Waals surface area contributed by atoms with Crippen molar-refractivity contribution in [2.45, 2.75) is 33.4 Å². The maximum absolute atomic E-state index is 11.9.